The highest BCUT2D eigenvalue weighted by molar-refractivity contribution is 7.90. The molecular formula is C21H19ClN4O3S2. The first-order valence-corrected chi connectivity index (χ1v) is 12.4. The molecule has 2 aromatic heterocycles. The van der Waals surface area contributed by atoms with Gasteiger partial charge in [-0.1, -0.05) is 22.9 Å². The molecule has 10 heteroatoms. The molecule has 0 bridgehead atoms. The molecule has 160 valence electrons. The van der Waals surface area contributed by atoms with E-state index in [0.29, 0.717) is 20.4 Å². The first kappa shape index (κ1) is 21.5. The first-order chi connectivity index (χ1) is 14.6. The molecule has 2 aromatic carbocycles. The van der Waals surface area contributed by atoms with Crippen molar-refractivity contribution in [1.82, 2.24) is 14.8 Å². The fourth-order valence-corrected chi connectivity index (χ4v) is 5.05. The minimum Gasteiger partial charge on any atom is -0.302 e. The maximum atomic E-state index is 12.7. The van der Waals surface area contributed by atoms with Gasteiger partial charge in [0, 0.05) is 22.5 Å². The van der Waals surface area contributed by atoms with Gasteiger partial charge in [0.1, 0.15) is 0 Å². The molecule has 0 saturated carbocycles. The number of carbonyl (C=O) groups is 1. The molecule has 0 aliphatic heterocycles. The van der Waals surface area contributed by atoms with E-state index in [-0.39, 0.29) is 17.2 Å². The molecule has 0 atom stereocenters. The summed E-state index contributed by atoms with van der Waals surface area (Å²) in [6, 6.07) is 12.1. The van der Waals surface area contributed by atoms with Gasteiger partial charge in [0.05, 0.1) is 32.9 Å². The second kappa shape index (κ2) is 8.07. The van der Waals surface area contributed by atoms with E-state index < -0.39 is 9.84 Å². The molecule has 0 spiro atoms. The van der Waals surface area contributed by atoms with Crippen molar-refractivity contribution in [2.75, 3.05) is 11.6 Å². The Balaban J connectivity index is 1.54. The van der Waals surface area contributed by atoms with Gasteiger partial charge in [-0.05, 0) is 56.3 Å². The van der Waals surface area contributed by atoms with Crippen molar-refractivity contribution in [1.29, 1.82) is 0 Å². The first-order valence-electron chi connectivity index (χ1n) is 9.33. The van der Waals surface area contributed by atoms with Gasteiger partial charge in [0.25, 0.3) is 0 Å². The number of thiazole rings is 1. The van der Waals surface area contributed by atoms with E-state index in [9.17, 15) is 13.2 Å². The number of nitrogens with zero attached hydrogens (tertiary/aromatic N) is 3. The fraction of sp³-hybridized carbons (Fsp3) is 0.190. The maximum Gasteiger partial charge on any atom is 0.230 e. The zero-order valence-electron chi connectivity index (χ0n) is 17.0. The largest absolute Gasteiger partial charge is 0.302 e. The Bertz CT molecular complexity index is 1410. The van der Waals surface area contributed by atoms with Gasteiger partial charge in [-0.25, -0.2) is 18.1 Å². The molecule has 0 aliphatic carbocycles. The standard InChI is InChI=1S/C21H19ClN4O3S2/c1-12-17(13(2)26(25-12)15-6-4-14(22)5-7-15)11-20(27)24-21-23-18-9-8-16(31(3,28)29)10-19(18)30-21/h4-10H,11H2,1-3H3,(H,23,24,27). The Kier molecular flexibility index (Phi) is 5.59. The lowest BCUT2D eigenvalue weighted by Crippen LogP contribution is -2.15. The molecule has 1 N–H and O–H groups in total. The lowest BCUT2D eigenvalue weighted by molar-refractivity contribution is -0.115. The highest BCUT2D eigenvalue weighted by Crippen LogP contribution is 2.28. The number of hydrogen-bond donors (Lipinski definition) is 1. The van der Waals surface area contributed by atoms with Crippen molar-refractivity contribution in [2.24, 2.45) is 0 Å². The van der Waals surface area contributed by atoms with Crippen LogP contribution in [0.25, 0.3) is 15.9 Å². The smallest absolute Gasteiger partial charge is 0.230 e. The number of sulfone groups is 1. The molecule has 4 rings (SSSR count). The molecule has 4 aromatic rings. The number of rotatable bonds is 5. The fourth-order valence-electron chi connectivity index (χ4n) is 3.28. The van der Waals surface area contributed by atoms with Gasteiger partial charge in [-0.2, -0.15) is 5.10 Å². The van der Waals surface area contributed by atoms with Crippen LogP contribution >= 0.6 is 22.9 Å². The van der Waals surface area contributed by atoms with E-state index in [1.54, 1.807) is 28.9 Å². The number of hydrogen-bond acceptors (Lipinski definition) is 6. The van der Waals surface area contributed by atoms with E-state index in [4.69, 9.17) is 11.6 Å². The van der Waals surface area contributed by atoms with Gasteiger partial charge in [-0.15, -0.1) is 0 Å². The molecule has 0 fully saturated rings. The highest BCUT2D eigenvalue weighted by atomic mass is 35.5. The van der Waals surface area contributed by atoms with Crippen LogP contribution < -0.4 is 5.32 Å². The normalized spacial score (nSPS) is 11.7. The molecule has 0 unspecified atom stereocenters. The van der Waals surface area contributed by atoms with Crippen LogP contribution in [0.2, 0.25) is 5.02 Å². The third kappa shape index (κ3) is 4.48. The summed E-state index contributed by atoms with van der Waals surface area (Å²) < 4.78 is 26.0. The van der Waals surface area contributed by atoms with Gasteiger partial charge in [-0.3, -0.25) is 4.79 Å². The molecule has 31 heavy (non-hydrogen) atoms. The van der Waals surface area contributed by atoms with Crippen LogP contribution in [0.4, 0.5) is 5.13 Å². The number of fused-ring (bicyclic) bond motifs is 1. The van der Waals surface area contributed by atoms with Gasteiger partial charge in [0.2, 0.25) is 5.91 Å². The quantitative estimate of drug-likeness (QED) is 0.464. The summed E-state index contributed by atoms with van der Waals surface area (Å²) >= 11 is 7.20. The van der Waals surface area contributed by atoms with E-state index >= 15 is 0 Å². The molecule has 0 aliphatic rings. The van der Waals surface area contributed by atoms with Crippen LogP contribution in [0, 0.1) is 13.8 Å². The predicted molar refractivity (Wildman–Crippen MR) is 123 cm³/mol. The second-order valence-corrected chi connectivity index (χ2v) is 10.7. The Labute approximate surface area is 188 Å². The van der Waals surface area contributed by atoms with E-state index in [2.05, 4.69) is 15.4 Å². The van der Waals surface area contributed by atoms with Crippen LogP contribution in [0.15, 0.2) is 47.4 Å². The summed E-state index contributed by atoms with van der Waals surface area (Å²) in [4.78, 5) is 17.3. The SMILES string of the molecule is Cc1nn(-c2ccc(Cl)cc2)c(C)c1CC(=O)Nc1nc2ccc(S(C)(=O)=O)cc2s1. The van der Waals surface area contributed by atoms with Crippen molar-refractivity contribution in [2.45, 2.75) is 25.2 Å². The number of anilines is 1. The zero-order valence-corrected chi connectivity index (χ0v) is 19.4. The Morgan fingerprint density at radius 1 is 1.16 bits per heavy atom. The minimum atomic E-state index is -3.31. The number of carbonyl (C=O) groups excluding carboxylic acids is 1. The van der Waals surface area contributed by atoms with Crippen LogP contribution in [-0.2, 0) is 21.1 Å². The monoisotopic (exact) mass is 474 g/mol. The predicted octanol–water partition coefficient (Wildman–Crippen LogP) is 4.34. The third-order valence-electron chi connectivity index (χ3n) is 4.88. The van der Waals surface area contributed by atoms with Gasteiger partial charge < -0.3 is 5.32 Å². The highest BCUT2D eigenvalue weighted by Gasteiger charge is 2.17. The Hall–Kier alpha value is -2.75. The number of aromatic nitrogens is 3. The van der Waals surface area contributed by atoms with Crippen molar-refractivity contribution in [3.8, 4) is 5.69 Å². The van der Waals surface area contributed by atoms with Gasteiger partial charge >= 0.3 is 0 Å². The number of amides is 1. The maximum absolute atomic E-state index is 12.7. The lowest BCUT2D eigenvalue weighted by atomic mass is 10.1. The van der Waals surface area contributed by atoms with Gasteiger partial charge in [0.15, 0.2) is 15.0 Å². The summed E-state index contributed by atoms with van der Waals surface area (Å²) in [5.74, 6) is -0.218. The average Bonchev–Trinajstić information content (AvgIpc) is 3.22. The van der Waals surface area contributed by atoms with Crippen molar-refractivity contribution in [3.05, 3.63) is 64.4 Å². The van der Waals surface area contributed by atoms with Crippen molar-refractivity contribution in [3.63, 3.8) is 0 Å². The van der Waals surface area contributed by atoms with E-state index in [1.807, 2.05) is 26.0 Å². The van der Waals surface area contributed by atoms with Crippen LogP contribution in [0.5, 0.6) is 0 Å². The topological polar surface area (TPSA) is 93.9 Å². The van der Waals surface area contributed by atoms with E-state index in [0.717, 1.165) is 28.9 Å². The number of nitrogens with one attached hydrogen (secondary N) is 1. The van der Waals surface area contributed by atoms with E-state index in [1.165, 1.54) is 17.4 Å². The van der Waals surface area contributed by atoms with Crippen LogP contribution in [0.1, 0.15) is 17.0 Å². The molecule has 1 amide bonds. The molecular weight excluding hydrogens is 456 g/mol. The summed E-state index contributed by atoms with van der Waals surface area (Å²) in [6.45, 7) is 3.79. The van der Waals surface area contributed by atoms with Crippen LogP contribution in [-0.4, -0.2) is 35.3 Å². The molecule has 7 nitrogen and oxygen atoms in total. The van der Waals surface area contributed by atoms with Crippen molar-refractivity contribution < 1.29 is 13.2 Å². The lowest BCUT2D eigenvalue weighted by Gasteiger charge is -2.06. The molecule has 0 saturated heterocycles. The van der Waals surface area contributed by atoms with Crippen LogP contribution in [0.3, 0.4) is 0 Å². The second-order valence-electron chi connectivity index (χ2n) is 7.18. The Morgan fingerprint density at radius 2 is 1.87 bits per heavy atom. The number of benzene rings is 2. The number of halogens is 1. The molecule has 0 radical (unpaired) electrons. The summed E-state index contributed by atoms with van der Waals surface area (Å²) in [5, 5.41) is 8.44. The summed E-state index contributed by atoms with van der Waals surface area (Å²) in [7, 11) is -3.31. The summed E-state index contributed by atoms with van der Waals surface area (Å²) in [6.07, 6.45) is 1.31. The number of aryl methyl sites for hydroxylation is 1. The molecule has 2 heterocycles. The van der Waals surface area contributed by atoms with Crippen molar-refractivity contribution >= 4 is 54.0 Å². The minimum absolute atomic E-state index is 0.149. The third-order valence-corrected chi connectivity index (χ3v) is 7.18. The summed E-state index contributed by atoms with van der Waals surface area (Å²) in [5.41, 5.74) is 3.98. The average molecular weight is 475 g/mol. The Morgan fingerprint density at radius 3 is 2.55 bits per heavy atom. The zero-order chi connectivity index (χ0) is 22.3.